The molecule has 0 amide bonds. The van der Waals surface area contributed by atoms with E-state index >= 15 is 0 Å². The van der Waals surface area contributed by atoms with Gasteiger partial charge in [-0.3, -0.25) is 19.8 Å². The number of aryl methyl sites for hydroxylation is 1. The molecule has 89 heavy (non-hydrogen) atoms. The lowest BCUT2D eigenvalue weighted by molar-refractivity contribution is -0.0593. The van der Waals surface area contributed by atoms with E-state index < -0.39 is 11.6 Å². The van der Waals surface area contributed by atoms with Gasteiger partial charge in [0.05, 0.1) is 71.6 Å². The van der Waals surface area contributed by atoms with Crippen LogP contribution in [0.4, 0.5) is 0 Å². The van der Waals surface area contributed by atoms with Crippen LogP contribution in [0.15, 0.2) is 140 Å². The van der Waals surface area contributed by atoms with Gasteiger partial charge in [0.15, 0.2) is 0 Å². The largest absolute Gasteiger partial charge is 0.478 e. The van der Waals surface area contributed by atoms with Crippen molar-refractivity contribution >= 4 is 55.6 Å². The topological polar surface area (TPSA) is 194 Å². The number of carboxylic acid groups (broad SMARTS) is 1. The Morgan fingerprint density at radius 1 is 0.584 bits per heavy atom. The molecule has 456 valence electrons. The zero-order valence-electron chi connectivity index (χ0n) is 50.5. The van der Waals surface area contributed by atoms with E-state index in [1.807, 2.05) is 99.3 Å². The second-order valence-electron chi connectivity index (χ2n) is 25.0. The number of hydrogen-bond acceptors (Lipinski definition) is 15. The highest BCUT2D eigenvalue weighted by Crippen LogP contribution is 2.34. The second-order valence-corrected chi connectivity index (χ2v) is 25.0. The molecule has 4 saturated heterocycles. The highest BCUT2D eigenvalue weighted by Gasteiger charge is 2.30. The van der Waals surface area contributed by atoms with Crippen LogP contribution in [-0.2, 0) is 60.0 Å². The van der Waals surface area contributed by atoms with Crippen molar-refractivity contribution in [3.8, 4) is 11.8 Å². The van der Waals surface area contributed by atoms with Crippen LogP contribution in [0.2, 0.25) is 0 Å². The molecule has 1 N–H and O–H groups in total. The maximum Gasteiger partial charge on any atom is 0.338 e. The van der Waals surface area contributed by atoms with Crippen LogP contribution < -0.4 is 9.47 Å². The predicted molar refractivity (Wildman–Crippen MR) is 338 cm³/mol. The number of fused-ring (bicyclic) bond motifs is 4. The van der Waals surface area contributed by atoms with Crippen molar-refractivity contribution in [2.24, 2.45) is 0 Å². The number of hydrogen-bond donors (Lipinski definition) is 1. The van der Waals surface area contributed by atoms with Crippen LogP contribution in [0.25, 0.3) is 43.6 Å². The number of ether oxygens (including phenoxy) is 5. The number of pyridine rings is 4. The summed E-state index contributed by atoms with van der Waals surface area (Å²) in [6.07, 6.45) is 14.7. The molecule has 4 fully saturated rings. The van der Waals surface area contributed by atoms with Crippen LogP contribution in [0.5, 0.6) is 11.8 Å². The fourth-order valence-electron chi connectivity index (χ4n) is 13.2. The van der Waals surface area contributed by atoms with Gasteiger partial charge in [-0.15, -0.1) is 0 Å². The Morgan fingerprint density at radius 3 is 1.67 bits per heavy atom. The zero-order chi connectivity index (χ0) is 60.4. The van der Waals surface area contributed by atoms with Crippen LogP contribution in [-0.4, -0.2) is 123 Å². The van der Waals surface area contributed by atoms with Crippen LogP contribution in [0, 0.1) is 0 Å². The Labute approximate surface area is 516 Å². The molecule has 6 aromatic heterocycles. The average molecular weight is 1200 g/mol. The molecule has 14 rings (SSSR count). The highest BCUT2D eigenvalue weighted by atomic mass is 16.6. The third kappa shape index (κ3) is 13.1. The van der Waals surface area contributed by atoms with Gasteiger partial charge in [0.25, 0.3) is 0 Å². The maximum atomic E-state index is 14.2. The van der Waals surface area contributed by atoms with E-state index in [-0.39, 0.29) is 29.7 Å². The van der Waals surface area contributed by atoms with Gasteiger partial charge in [-0.2, -0.15) is 0 Å². The first-order valence-corrected chi connectivity index (χ1v) is 31.5. The average Bonchev–Trinajstić information content (AvgIpc) is 1.92. The number of benzene rings is 4. The summed E-state index contributed by atoms with van der Waals surface area (Å²) in [4.78, 5) is 59.9. The van der Waals surface area contributed by atoms with Crippen molar-refractivity contribution in [1.29, 1.82) is 0 Å². The van der Waals surface area contributed by atoms with E-state index in [9.17, 15) is 14.7 Å². The number of aromatic carboxylic acids is 1. The molecule has 0 radical (unpaired) electrons. The number of nitrogens with zero attached hydrogens (tertiary/aromatic N) is 10. The first-order chi connectivity index (χ1) is 43.5. The van der Waals surface area contributed by atoms with Gasteiger partial charge in [-0.05, 0) is 180 Å². The lowest BCUT2D eigenvalue weighted by Crippen LogP contribution is -2.35. The number of carbonyl (C=O) groups is 2. The molecule has 0 spiro atoms. The van der Waals surface area contributed by atoms with Gasteiger partial charge in [-0.1, -0.05) is 42.5 Å². The van der Waals surface area contributed by atoms with Gasteiger partial charge >= 0.3 is 11.9 Å². The smallest absolute Gasteiger partial charge is 0.338 e. The van der Waals surface area contributed by atoms with E-state index in [2.05, 4.69) is 71.4 Å². The van der Waals surface area contributed by atoms with Crippen molar-refractivity contribution in [1.82, 2.24) is 48.8 Å². The normalized spacial score (nSPS) is 17.9. The minimum absolute atomic E-state index is 0.0987. The van der Waals surface area contributed by atoms with Gasteiger partial charge in [-0.25, -0.2) is 29.5 Å². The monoisotopic (exact) mass is 1190 g/mol. The molecule has 10 aromatic rings. The number of carbonyl (C=O) groups excluding carboxylic acids is 1. The predicted octanol–water partition coefficient (Wildman–Crippen LogP) is 12.0. The molecule has 0 saturated carbocycles. The zero-order valence-corrected chi connectivity index (χ0v) is 50.5. The van der Waals surface area contributed by atoms with Crippen LogP contribution in [0.3, 0.4) is 0 Å². The van der Waals surface area contributed by atoms with Crippen molar-refractivity contribution in [2.45, 2.75) is 134 Å². The van der Waals surface area contributed by atoms with Gasteiger partial charge in [0.1, 0.15) is 30.5 Å². The SMILES string of the molecule is CC(C)(CCc1cc(COc2cccc(C3CCN(Cc4nc5ccc(C(=O)O)cc5n4C[C@@H]4CCO4)CC3)n2)c2cnccc2c1)OC(=O)c1ccc2nc(CN3CCC(c4cccc(OCc5cccc6ccncc56)n4)CC3)n(C[C@@H]3CCO3)c2c1. The third-order valence-electron chi connectivity index (χ3n) is 18.5. The number of carboxylic acids is 1. The molecule has 2 atom stereocenters. The number of likely N-dealkylation sites (tertiary alicyclic amines) is 2. The lowest BCUT2D eigenvalue weighted by Gasteiger charge is -2.32. The fraction of sp³-hybridized carbons (Fsp3) is 0.380. The standard InChI is InChI=1S/C71H74N10O8/c1-71(2,89-70(84)52-13-15-62-64(37-52)81(41-56-24-33-86-56)66(75-62)43-79-30-19-48(20-31-79)59-8-4-10-67(76-59)87-44-53-7-3-6-47-17-26-72-38-57(47)53)25-16-46-34-50-18-27-73-39-58(50)54(35-46)45-88-68-11-5-9-60(77-68)49-21-28-78(29-22-49)42-65-74-61-14-12-51(69(82)83)36-63(61)80(65)40-55-23-32-85-55/h3-15,17-18,26-27,34-39,48-49,55-56H,16,19-25,28-33,40-45H2,1-2H3,(H,82,83)/t55-,56-/m0/s1. The Kier molecular flexibility index (Phi) is 16.6. The number of esters is 1. The van der Waals surface area contributed by atoms with Gasteiger partial charge in [0.2, 0.25) is 11.8 Å². The maximum absolute atomic E-state index is 14.2. The first kappa shape index (κ1) is 58.0. The van der Waals surface area contributed by atoms with Crippen molar-refractivity contribution in [3.05, 3.63) is 191 Å². The molecule has 0 unspecified atom stereocenters. The van der Waals surface area contributed by atoms with Crippen molar-refractivity contribution < 1.29 is 38.4 Å². The van der Waals surface area contributed by atoms with Crippen LogP contribution >= 0.6 is 0 Å². The summed E-state index contributed by atoms with van der Waals surface area (Å²) in [5, 5.41) is 14.0. The van der Waals surface area contributed by atoms with Crippen molar-refractivity contribution in [2.75, 3.05) is 39.4 Å². The lowest BCUT2D eigenvalue weighted by atomic mass is 9.93. The Balaban J connectivity index is 0.587. The number of rotatable bonds is 22. The molecule has 18 nitrogen and oxygen atoms in total. The Morgan fingerprint density at radius 2 is 1.11 bits per heavy atom. The summed E-state index contributed by atoms with van der Waals surface area (Å²) in [6.45, 7) is 12.5. The minimum Gasteiger partial charge on any atom is -0.478 e. The van der Waals surface area contributed by atoms with E-state index in [4.69, 9.17) is 43.6 Å². The molecule has 0 aliphatic carbocycles. The number of piperidine rings is 2. The second kappa shape index (κ2) is 25.4. The van der Waals surface area contributed by atoms with Crippen LogP contribution in [0.1, 0.15) is 131 Å². The van der Waals surface area contributed by atoms with Gasteiger partial charge in [0, 0.05) is 84.1 Å². The van der Waals surface area contributed by atoms with E-state index in [1.165, 1.54) is 0 Å². The summed E-state index contributed by atoms with van der Waals surface area (Å²) in [7, 11) is 0. The quantitative estimate of drug-likeness (QED) is 0.0629. The summed E-state index contributed by atoms with van der Waals surface area (Å²) < 4.78 is 35.3. The fourth-order valence-corrected chi connectivity index (χ4v) is 13.2. The molecule has 4 aliphatic heterocycles. The summed E-state index contributed by atoms with van der Waals surface area (Å²) in [6, 6.07) is 37.7. The van der Waals surface area contributed by atoms with E-state index in [1.54, 1.807) is 12.1 Å². The Hall–Kier alpha value is -8.68. The molecule has 4 aliphatic rings. The highest BCUT2D eigenvalue weighted by molar-refractivity contribution is 5.94. The molecular formula is C71H74N10O8. The van der Waals surface area contributed by atoms with E-state index in [0.29, 0.717) is 75.5 Å². The summed E-state index contributed by atoms with van der Waals surface area (Å²) in [5.41, 5.74) is 8.64. The number of aromatic nitrogens is 8. The summed E-state index contributed by atoms with van der Waals surface area (Å²) >= 11 is 0. The molecule has 18 heteroatoms. The number of imidazole rings is 2. The van der Waals surface area contributed by atoms with Gasteiger partial charge < -0.3 is 37.9 Å². The third-order valence-corrected chi connectivity index (χ3v) is 18.5. The van der Waals surface area contributed by atoms with Crippen molar-refractivity contribution in [3.63, 3.8) is 0 Å². The van der Waals surface area contributed by atoms with E-state index in [0.717, 1.165) is 161 Å². The Bertz CT molecular complexity index is 4210. The molecule has 10 heterocycles. The molecular weight excluding hydrogens is 1120 g/mol. The summed E-state index contributed by atoms with van der Waals surface area (Å²) in [5.74, 6) is 2.39. The first-order valence-electron chi connectivity index (χ1n) is 31.5. The molecule has 0 bridgehead atoms. The minimum atomic E-state index is -0.948. The molecule has 4 aromatic carbocycles.